The van der Waals surface area contributed by atoms with Gasteiger partial charge in [-0.3, -0.25) is 4.79 Å². The molecular weight excluding hydrogens is 328 g/mol. The summed E-state index contributed by atoms with van der Waals surface area (Å²) in [5, 5.41) is 0. The number of rotatable bonds is 5. The molecule has 1 aliphatic rings. The van der Waals surface area contributed by atoms with Crippen molar-refractivity contribution in [3.05, 3.63) is 59.2 Å². The minimum absolute atomic E-state index is 0.0115. The average molecular weight is 346 g/mol. The summed E-state index contributed by atoms with van der Waals surface area (Å²) in [6, 6.07) is 11.9. The molecular formula is C17H18N2O4S. The van der Waals surface area contributed by atoms with E-state index >= 15 is 0 Å². The number of benzene rings is 2. The lowest BCUT2D eigenvalue weighted by molar-refractivity contribution is 0.0999. The Hall–Kier alpha value is -2.38. The van der Waals surface area contributed by atoms with Crippen LogP contribution in [0.2, 0.25) is 0 Å². The van der Waals surface area contributed by atoms with Gasteiger partial charge in [0, 0.05) is 18.5 Å². The first-order chi connectivity index (χ1) is 11.4. The van der Waals surface area contributed by atoms with Gasteiger partial charge in [-0.1, -0.05) is 24.3 Å². The smallest absolute Gasteiger partial charge is 0.249 e. The molecule has 1 heterocycles. The standard InChI is InChI=1S/C17H18N2O4S/c1-11-6-7-14(9-15(11)17(18)20)24(21,22)19-10-13-8-12-4-2-3-5-16(12)23-13/h2-7,9,13,19H,8,10H2,1H3,(H2,18,20)/t13-/m1/s1. The number of sulfonamides is 1. The van der Waals surface area contributed by atoms with Gasteiger partial charge in [-0.25, -0.2) is 13.1 Å². The fourth-order valence-corrected chi connectivity index (χ4v) is 3.78. The number of para-hydroxylation sites is 1. The summed E-state index contributed by atoms with van der Waals surface area (Å²) in [4.78, 5) is 11.4. The van der Waals surface area contributed by atoms with E-state index in [0.29, 0.717) is 12.0 Å². The largest absolute Gasteiger partial charge is 0.488 e. The molecule has 0 saturated carbocycles. The number of fused-ring (bicyclic) bond motifs is 1. The molecule has 0 spiro atoms. The topological polar surface area (TPSA) is 98.5 Å². The van der Waals surface area contributed by atoms with E-state index in [9.17, 15) is 13.2 Å². The maximum Gasteiger partial charge on any atom is 0.249 e. The number of carbonyl (C=O) groups is 1. The SMILES string of the molecule is Cc1ccc(S(=O)(=O)NC[C@H]2Cc3ccccc3O2)cc1C(N)=O. The van der Waals surface area contributed by atoms with Crippen LogP contribution >= 0.6 is 0 Å². The van der Waals surface area contributed by atoms with Gasteiger partial charge in [-0.15, -0.1) is 0 Å². The molecule has 126 valence electrons. The van der Waals surface area contributed by atoms with Gasteiger partial charge in [0.1, 0.15) is 11.9 Å². The van der Waals surface area contributed by atoms with Crippen LogP contribution in [-0.2, 0) is 16.4 Å². The lowest BCUT2D eigenvalue weighted by Gasteiger charge is -2.13. The van der Waals surface area contributed by atoms with Crippen molar-refractivity contribution in [2.45, 2.75) is 24.3 Å². The van der Waals surface area contributed by atoms with Crippen molar-refractivity contribution in [2.75, 3.05) is 6.54 Å². The van der Waals surface area contributed by atoms with Gasteiger partial charge in [0.2, 0.25) is 15.9 Å². The first-order valence-corrected chi connectivity index (χ1v) is 9.00. The number of carbonyl (C=O) groups excluding carboxylic acids is 1. The number of primary amides is 1. The van der Waals surface area contributed by atoms with E-state index in [0.717, 1.165) is 11.3 Å². The second-order valence-corrected chi connectivity index (χ2v) is 7.51. The third kappa shape index (κ3) is 3.27. The molecule has 24 heavy (non-hydrogen) atoms. The Labute approximate surface area is 140 Å². The maximum absolute atomic E-state index is 12.4. The van der Waals surface area contributed by atoms with Crippen LogP contribution in [0.4, 0.5) is 0 Å². The third-order valence-corrected chi connectivity index (χ3v) is 5.42. The van der Waals surface area contributed by atoms with Crippen molar-refractivity contribution in [3.63, 3.8) is 0 Å². The fourth-order valence-electron chi connectivity index (χ4n) is 2.69. The number of amides is 1. The lowest BCUT2D eigenvalue weighted by atomic mass is 10.1. The highest BCUT2D eigenvalue weighted by Crippen LogP contribution is 2.28. The second-order valence-electron chi connectivity index (χ2n) is 5.74. The monoisotopic (exact) mass is 346 g/mol. The summed E-state index contributed by atoms with van der Waals surface area (Å²) in [6.07, 6.45) is 0.400. The molecule has 6 nitrogen and oxygen atoms in total. The molecule has 2 aromatic rings. The van der Waals surface area contributed by atoms with E-state index in [4.69, 9.17) is 10.5 Å². The van der Waals surface area contributed by atoms with Gasteiger partial charge in [0.15, 0.2) is 0 Å². The van der Waals surface area contributed by atoms with Crippen LogP contribution < -0.4 is 15.2 Å². The van der Waals surface area contributed by atoms with E-state index in [1.165, 1.54) is 12.1 Å². The Morgan fingerprint density at radius 3 is 2.75 bits per heavy atom. The molecule has 0 saturated heterocycles. The van der Waals surface area contributed by atoms with Crippen LogP contribution in [0.5, 0.6) is 5.75 Å². The van der Waals surface area contributed by atoms with Crippen LogP contribution in [0.15, 0.2) is 47.4 Å². The van der Waals surface area contributed by atoms with Gasteiger partial charge >= 0.3 is 0 Å². The highest BCUT2D eigenvalue weighted by Gasteiger charge is 2.25. The molecule has 0 fully saturated rings. The van der Waals surface area contributed by atoms with Crippen molar-refractivity contribution in [1.82, 2.24) is 4.72 Å². The zero-order chi connectivity index (χ0) is 17.3. The van der Waals surface area contributed by atoms with Gasteiger partial charge in [0.05, 0.1) is 4.90 Å². The minimum Gasteiger partial charge on any atom is -0.488 e. The van der Waals surface area contributed by atoms with E-state index in [1.807, 2.05) is 24.3 Å². The van der Waals surface area contributed by atoms with E-state index < -0.39 is 15.9 Å². The van der Waals surface area contributed by atoms with Crippen LogP contribution in [0, 0.1) is 6.92 Å². The van der Waals surface area contributed by atoms with Crippen LogP contribution in [0.3, 0.4) is 0 Å². The summed E-state index contributed by atoms with van der Waals surface area (Å²) in [7, 11) is -3.75. The molecule has 0 radical (unpaired) electrons. The summed E-state index contributed by atoms with van der Waals surface area (Å²) in [5.41, 5.74) is 7.17. The highest BCUT2D eigenvalue weighted by molar-refractivity contribution is 7.89. The van der Waals surface area contributed by atoms with E-state index in [1.54, 1.807) is 13.0 Å². The van der Waals surface area contributed by atoms with Gasteiger partial charge in [0.25, 0.3) is 0 Å². The zero-order valence-corrected chi connectivity index (χ0v) is 14.0. The maximum atomic E-state index is 12.4. The second kappa shape index (κ2) is 6.26. The molecule has 0 aliphatic carbocycles. The normalized spacial score (nSPS) is 16.5. The Bertz CT molecular complexity index is 868. The molecule has 0 unspecified atom stereocenters. The van der Waals surface area contributed by atoms with Crippen molar-refractivity contribution in [2.24, 2.45) is 5.73 Å². The minimum atomic E-state index is -3.75. The van der Waals surface area contributed by atoms with Crippen LogP contribution in [-0.4, -0.2) is 27.0 Å². The Morgan fingerprint density at radius 1 is 1.29 bits per heavy atom. The number of hydrogen-bond acceptors (Lipinski definition) is 4. The number of hydrogen-bond donors (Lipinski definition) is 2. The van der Waals surface area contributed by atoms with Crippen molar-refractivity contribution < 1.29 is 17.9 Å². The molecule has 7 heteroatoms. The predicted molar refractivity (Wildman–Crippen MR) is 89.4 cm³/mol. The van der Waals surface area contributed by atoms with E-state index in [2.05, 4.69) is 4.72 Å². The molecule has 1 aliphatic heterocycles. The van der Waals surface area contributed by atoms with Crippen LogP contribution in [0.25, 0.3) is 0 Å². The summed E-state index contributed by atoms with van der Waals surface area (Å²) in [5.74, 6) is 0.132. The van der Waals surface area contributed by atoms with Gasteiger partial charge in [-0.2, -0.15) is 0 Å². The van der Waals surface area contributed by atoms with Crippen molar-refractivity contribution >= 4 is 15.9 Å². The van der Waals surface area contributed by atoms with Gasteiger partial charge < -0.3 is 10.5 Å². The molecule has 2 aromatic carbocycles. The van der Waals surface area contributed by atoms with Crippen LogP contribution in [0.1, 0.15) is 21.5 Å². The quantitative estimate of drug-likeness (QED) is 0.854. The third-order valence-electron chi connectivity index (χ3n) is 4.00. The van der Waals surface area contributed by atoms with Gasteiger partial charge in [-0.05, 0) is 36.2 Å². The molecule has 0 aromatic heterocycles. The summed E-state index contributed by atoms with van der Waals surface area (Å²) < 4.78 is 33.1. The molecule has 1 amide bonds. The summed E-state index contributed by atoms with van der Waals surface area (Å²) >= 11 is 0. The van der Waals surface area contributed by atoms with Crippen molar-refractivity contribution in [1.29, 1.82) is 0 Å². The number of nitrogens with one attached hydrogen (secondary N) is 1. The summed E-state index contributed by atoms with van der Waals surface area (Å²) in [6.45, 7) is 1.85. The van der Waals surface area contributed by atoms with Crippen molar-refractivity contribution in [3.8, 4) is 5.75 Å². The Balaban J connectivity index is 1.71. The van der Waals surface area contributed by atoms with E-state index in [-0.39, 0.29) is 23.1 Å². The first kappa shape index (κ1) is 16.5. The number of ether oxygens (including phenoxy) is 1. The lowest BCUT2D eigenvalue weighted by Crippen LogP contribution is -2.34. The molecule has 0 bridgehead atoms. The molecule has 3 rings (SSSR count). The number of nitrogens with two attached hydrogens (primary N) is 1. The Kier molecular flexibility index (Phi) is 4.29. The average Bonchev–Trinajstić information content (AvgIpc) is 2.96. The highest BCUT2D eigenvalue weighted by atomic mass is 32.2. The molecule has 3 N–H and O–H groups in total. The molecule has 1 atom stereocenters. The predicted octanol–water partition coefficient (Wildman–Crippen LogP) is 1.38. The zero-order valence-electron chi connectivity index (χ0n) is 13.2. The number of aryl methyl sites for hydroxylation is 1. The first-order valence-electron chi connectivity index (χ1n) is 7.51. The Morgan fingerprint density at radius 2 is 2.04 bits per heavy atom. The fraction of sp³-hybridized carbons (Fsp3) is 0.235.